The van der Waals surface area contributed by atoms with Crippen molar-refractivity contribution in [2.45, 2.75) is 32.6 Å². The lowest BCUT2D eigenvalue weighted by molar-refractivity contribution is -0.138. The van der Waals surface area contributed by atoms with Gasteiger partial charge in [-0.2, -0.15) is 0 Å². The number of hydrogen-bond donors (Lipinski definition) is 1. The number of anilines is 1. The van der Waals surface area contributed by atoms with Crippen molar-refractivity contribution in [1.82, 2.24) is 14.8 Å². The summed E-state index contributed by atoms with van der Waals surface area (Å²) in [5.41, 5.74) is 1.55. The van der Waals surface area contributed by atoms with E-state index >= 15 is 0 Å². The first-order chi connectivity index (χ1) is 15.5. The van der Waals surface area contributed by atoms with E-state index in [1.54, 1.807) is 42.6 Å². The van der Waals surface area contributed by atoms with Crippen molar-refractivity contribution in [2.75, 3.05) is 31.5 Å². The molecule has 4 rings (SSSR count). The van der Waals surface area contributed by atoms with Crippen molar-refractivity contribution in [3.05, 3.63) is 59.9 Å². The number of piperidine rings is 2. The molecule has 1 N–H and O–H groups in total. The monoisotopic (exact) mass is 434 g/mol. The molecule has 2 saturated heterocycles. The second kappa shape index (κ2) is 9.94. The van der Waals surface area contributed by atoms with Crippen LogP contribution in [0, 0.1) is 11.8 Å². The summed E-state index contributed by atoms with van der Waals surface area (Å²) in [5, 5.41) is 2.82. The molecule has 1 aromatic carbocycles. The molecule has 2 aliphatic heterocycles. The van der Waals surface area contributed by atoms with E-state index in [-0.39, 0.29) is 23.6 Å². The molecule has 3 heterocycles. The lowest BCUT2D eigenvalue weighted by Gasteiger charge is -2.36. The van der Waals surface area contributed by atoms with Crippen LogP contribution in [0.2, 0.25) is 0 Å². The summed E-state index contributed by atoms with van der Waals surface area (Å²) < 4.78 is 0. The molecule has 7 heteroatoms. The highest BCUT2D eigenvalue weighted by atomic mass is 16.2. The average molecular weight is 435 g/mol. The molecule has 168 valence electrons. The summed E-state index contributed by atoms with van der Waals surface area (Å²) >= 11 is 0. The van der Waals surface area contributed by atoms with Gasteiger partial charge in [-0.1, -0.05) is 13.0 Å². The first-order valence-electron chi connectivity index (χ1n) is 11.4. The third-order valence-corrected chi connectivity index (χ3v) is 6.52. The zero-order chi connectivity index (χ0) is 22.5. The maximum absolute atomic E-state index is 13.0. The fraction of sp³-hybridized carbons (Fsp3) is 0.440. The predicted molar refractivity (Wildman–Crippen MR) is 122 cm³/mol. The summed E-state index contributed by atoms with van der Waals surface area (Å²) in [4.78, 5) is 46.0. The number of pyridine rings is 1. The molecular weight excluding hydrogens is 404 g/mol. The number of rotatable bonds is 4. The van der Waals surface area contributed by atoms with E-state index < -0.39 is 0 Å². The van der Waals surface area contributed by atoms with Crippen LogP contribution in [-0.2, 0) is 4.79 Å². The number of amides is 3. The Labute approximate surface area is 188 Å². The molecule has 0 saturated carbocycles. The quantitative estimate of drug-likeness (QED) is 0.799. The fourth-order valence-corrected chi connectivity index (χ4v) is 4.43. The van der Waals surface area contributed by atoms with Gasteiger partial charge in [-0.3, -0.25) is 19.4 Å². The van der Waals surface area contributed by atoms with E-state index in [1.807, 2.05) is 9.80 Å². The molecule has 2 aliphatic rings. The van der Waals surface area contributed by atoms with Crippen LogP contribution in [0.3, 0.4) is 0 Å². The highest BCUT2D eigenvalue weighted by molar-refractivity contribution is 6.05. The van der Waals surface area contributed by atoms with Crippen LogP contribution in [0.1, 0.15) is 53.3 Å². The van der Waals surface area contributed by atoms with E-state index in [2.05, 4.69) is 17.2 Å². The number of carbonyl (C=O) groups is 3. The van der Waals surface area contributed by atoms with Gasteiger partial charge < -0.3 is 15.1 Å². The standard InChI is InChI=1S/C25H30N4O3/c1-18-7-12-28(13-8-18)24(31)19-9-14-29(15-10-19)25(32)20-4-2-6-22(16-20)27-23(30)21-5-3-11-26-17-21/h2-6,11,16-19H,7-10,12-15H2,1H3,(H,27,30). The summed E-state index contributed by atoms with van der Waals surface area (Å²) in [6, 6.07) is 10.4. The third kappa shape index (κ3) is 5.15. The molecule has 2 fully saturated rings. The van der Waals surface area contributed by atoms with Gasteiger partial charge in [-0.25, -0.2) is 0 Å². The van der Waals surface area contributed by atoms with Gasteiger partial charge in [0.1, 0.15) is 0 Å². The fourth-order valence-electron chi connectivity index (χ4n) is 4.43. The van der Waals surface area contributed by atoms with Crippen LogP contribution in [0.25, 0.3) is 0 Å². The molecule has 0 unspecified atom stereocenters. The van der Waals surface area contributed by atoms with Crippen LogP contribution in [-0.4, -0.2) is 58.7 Å². The Kier molecular flexibility index (Phi) is 6.83. The number of nitrogens with one attached hydrogen (secondary N) is 1. The highest BCUT2D eigenvalue weighted by Gasteiger charge is 2.31. The van der Waals surface area contributed by atoms with Crippen LogP contribution < -0.4 is 5.32 Å². The van der Waals surface area contributed by atoms with Crippen LogP contribution in [0.4, 0.5) is 5.69 Å². The lowest BCUT2D eigenvalue weighted by Crippen LogP contribution is -2.46. The van der Waals surface area contributed by atoms with Gasteiger partial charge in [0.25, 0.3) is 11.8 Å². The lowest BCUT2D eigenvalue weighted by atomic mass is 9.92. The second-order valence-electron chi connectivity index (χ2n) is 8.85. The topological polar surface area (TPSA) is 82.6 Å². The Morgan fingerprint density at radius 3 is 2.28 bits per heavy atom. The van der Waals surface area contributed by atoms with E-state index in [0.29, 0.717) is 48.7 Å². The van der Waals surface area contributed by atoms with Gasteiger partial charge in [0.2, 0.25) is 5.91 Å². The molecule has 2 aromatic rings. The van der Waals surface area contributed by atoms with Crippen molar-refractivity contribution in [2.24, 2.45) is 11.8 Å². The summed E-state index contributed by atoms with van der Waals surface area (Å²) in [7, 11) is 0. The number of nitrogens with zero attached hydrogens (tertiary/aromatic N) is 3. The highest BCUT2D eigenvalue weighted by Crippen LogP contribution is 2.25. The molecular formula is C25H30N4O3. The second-order valence-corrected chi connectivity index (χ2v) is 8.85. The van der Waals surface area contributed by atoms with Crippen molar-refractivity contribution >= 4 is 23.4 Å². The van der Waals surface area contributed by atoms with E-state index in [0.717, 1.165) is 25.9 Å². The molecule has 0 aliphatic carbocycles. The Morgan fingerprint density at radius 2 is 1.59 bits per heavy atom. The molecule has 32 heavy (non-hydrogen) atoms. The molecule has 1 aromatic heterocycles. The van der Waals surface area contributed by atoms with Gasteiger partial charge in [0, 0.05) is 55.7 Å². The molecule has 0 spiro atoms. The van der Waals surface area contributed by atoms with Crippen LogP contribution >= 0.6 is 0 Å². The van der Waals surface area contributed by atoms with E-state index in [4.69, 9.17) is 0 Å². The van der Waals surface area contributed by atoms with Crippen LogP contribution in [0.15, 0.2) is 48.8 Å². The summed E-state index contributed by atoms with van der Waals surface area (Å²) in [5.74, 6) is 0.624. The number of likely N-dealkylation sites (tertiary alicyclic amines) is 2. The van der Waals surface area contributed by atoms with Gasteiger partial charge in [-0.15, -0.1) is 0 Å². The minimum absolute atomic E-state index is 0.0116. The Morgan fingerprint density at radius 1 is 0.906 bits per heavy atom. The van der Waals surface area contributed by atoms with E-state index in [1.165, 1.54) is 6.20 Å². The van der Waals surface area contributed by atoms with Crippen LogP contribution in [0.5, 0.6) is 0 Å². The van der Waals surface area contributed by atoms with E-state index in [9.17, 15) is 14.4 Å². The first kappa shape index (κ1) is 22.0. The Balaban J connectivity index is 1.33. The first-order valence-corrected chi connectivity index (χ1v) is 11.4. The summed E-state index contributed by atoms with van der Waals surface area (Å²) in [6.45, 7) is 5.11. The smallest absolute Gasteiger partial charge is 0.257 e. The van der Waals surface area contributed by atoms with Gasteiger partial charge >= 0.3 is 0 Å². The normalized spacial score (nSPS) is 17.8. The Hall–Kier alpha value is -3.22. The molecule has 0 radical (unpaired) electrons. The number of aromatic nitrogens is 1. The minimum Gasteiger partial charge on any atom is -0.342 e. The van der Waals surface area contributed by atoms with Crippen molar-refractivity contribution in [1.29, 1.82) is 0 Å². The van der Waals surface area contributed by atoms with Gasteiger partial charge in [0.05, 0.1) is 5.56 Å². The maximum Gasteiger partial charge on any atom is 0.257 e. The van der Waals surface area contributed by atoms with Gasteiger partial charge in [-0.05, 0) is 61.9 Å². The SMILES string of the molecule is CC1CCN(C(=O)C2CCN(C(=O)c3cccc(NC(=O)c4cccnc4)c3)CC2)CC1. The number of hydrogen-bond acceptors (Lipinski definition) is 4. The predicted octanol–water partition coefficient (Wildman–Crippen LogP) is 3.44. The number of carbonyl (C=O) groups excluding carboxylic acids is 3. The Bertz CT molecular complexity index is 962. The minimum atomic E-state index is -0.269. The zero-order valence-corrected chi connectivity index (χ0v) is 18.5. The van der Waals surface area contributed by atoms with Crippen molar-refractivity contribution in [3.8, 4) is 0 Å². The van der Waals surface area contributed by atoms with Crippen molar-refractivity contribution in [3.63, 3.8) is 0 Å². The maximum atomic E-state index is 13.0. The molecule has 0 atom stereocenters. The summed E-state index contributed by atoms with van der Waals surface area (Å²) in [6.07, 6.45) is 6.68. The zero-order valence-electron chi connectivity index (χ0n) is 18.5. The molecule has 0 bridgehead atoms. The average Bonchev–Trinajstić information content (AvgIpc) is 2.84. The van der Waals surface area contributed by atoms with Crippen molar-refractivity contribution < 1.29 is 14.4 Å². The largest absolute Gasteiger partial charge is 0.342 e. The number of benzene rings is 1. The van der Waals surface area contributed by atoms with Gasteiger partial charge in [0.15, 0.2) is 0 Å². The third-order valence-electron chi connectivity index (χ3n) is 6.52. The molecule has 7 nitrogen and oxygen atoms in total. The molecule has 3 amide bonds.